The number of rotatable bonds is 3. The van der Waals surface area contributed by atoms with Crippen LogP contribution in [0.25, 0.3) is 0 Å². The van der Waals surface area contributed by atoms with Crippen LogP contribution in [0.5, 0.6) is 0 Å². The zero-order valence-corrected chi connectivity index (χ0v) is 8.78. The molecule has 1 rings (SSSR count). The predicted molar refractivity (Wildman–Crippen MR) is 52.9 cm³/mol. The van der Waals surface area contributed by atoms with Gasteiger partial charge in [-0.25, -0.2) is 0 Å². The van der Waals surface area contributed by atoms with Crippen LogP contribution < -0.4 is 0 Å². The minimum atomic E-state index is 0. The van der Waals surface area contributed by atoms with E-state index in [1.54, 1.807) is 6.26 Å². The highest BCUT2D eigenvalue weighted by atomic mass is 35.5. The molecule has 0 radical (unpaired) electrons. The van der Waals surface area contributed by atoms with E-state index >= 15 is 0 Å². The first-order valence-electron chi connectivity index (χ1n) is 3.50. The molecule has 0 aliphatic heterocycles. The summed E-state index contributed by atoms with van der Waals surface area (Å²) in [6, 6.07) is 1.96. The molecule has 1 aromatic rings. The highest BCUT2D eigenvalue weighted by molar-refractivity contribution is 6.16. The first kappa shape index (κ1) is 11.8. The fourth-order valence-electron chi connectivity index (χ4n) is 0.966. The van der Waals surface area contributed by atoms with E-state index in [1.165, 1.54) is 5.56 Å². The summed E-state index contributed by atoms with van der Waals surface area (Å²) in [4.78, 5) is 2.08. The molecule has 0 aromatic carbocycles. The predicted octanol–water partition coefficient (Wildman–Crippen LogP) is 2.50. The van der Waals surface area contributed by atoms with E-state index < -0.39 is 0 Å². The second-order valence-corrected chi connectivity index (χ2v) is 3.01. The molecule has 1 heterocycles. The van der Waals surface area contributed by atoms with E-state index in [0.29, 0.717) is 5.88 Å². The molecule has 2 nitrogen and oxygen atoms in total. The molecule has 0 saturated heterocycles. The number of hydrogen-bond acceptors (Lipinski definition) is 2. The number of alkyl halides is 1. The van der Waals surface area contributed by atoms with Crippen molar-refractivity contribution in [3.63, 3.8) is 0 Å². The Bertz CT molecular complexity index is 223. The summed E-state index contributed by atoms with van der Waals surface area (Å²) in [6.07, 6.45) is 1.68. The smallest absolute Gasteiger partial charge is 0.122 e. The Morgan fingerprint density at radius 3 is 2.67 bits per heavy atom. The first-order chi connectivity index (χ1) is 5.24. The van der Waals surface area contributed by atoms with Crippen LogP contribution in [-0.2, 0) is 12.4 Å². The summed E-state index contributed by atoms with van der Waals surface area (Å²) < 4.78 is 5.16. The SMILES string of the molecule is CN(C)Cc1ccoc1CCl.Cl. The van der Waals surface area contributed by atoms with Gasteiger partial charge >= 0.3 is 0 Å². The van der Waals surface area contributed by atoms with Crippen LogP contribution in [-0.4, -0.2) is 19.0 Å². The fourth-order valence-corrected chi connectivity index (χ4v) is 1.20. The van der Waals surface area contributed by atoms with Crippen LogP contribution in [0, 0.1) is 0 Å². The molecular formula is C8H13Cl2NO. The van der Waals surface area contributed by atoms with E-state index in [2.05, 4.69) is 4.90 Å². The van der Waals surface area contributed by atoms with Gasteiger partial charge in [-0.15, -0.1) is 24.0 Å². The number of nitrogens with zero attached hydrogens (tertiary/aromatic N) is 1. The summed E-state index contributed by atoms with van der Waals surface area (Å²) in [5, 5.41) is 0. The van der Waals surface area contributed by atoms with Gasteiger partial charge in [0, 0.05) is 12.1 Å². The average Bonchev–Trinajstić information content (AvgIpc) is 2.34. The van der Waals surface area contributed by atoms with E-state index in [9.17, 15) is 0 Å². The minimum absolute atomic E-state index is 0. The molecule has 0 amide bonds. The maximum absolute atomic E-state index is 5.64. The Morgan fingerprint density at radius 1 is 1.50 bits per heavy atom. The standard InChI is InChI=1S/C8H12ClNO.ClH/c1-10(2)6-7-3-4-11-8(7)5-9;/h3-4H,5-6H2,1-2H3;1H. The van der Waals surface area contributed by atoms with Gasteiger partial charge in [0.05, 0.1) is 12.1 Å². The van der Waals surface area contributed by atoms with Crippen molar-refractivity contribution in [1.82, 2.24) is 4.90 Å². The van der Waals surface area contributed by atoms with Crippen molar-refractivity contribution >= 4 is 24.0 Å². The van der Waals surface area contributed by atoms with Crippen molar-refractivity contribution in [2.24, 2.45) is 0 Å². The molecule has 0 spiro atoms. The Kier molecular flexibility index (Phi) is 5.38. The third-order valence-electron chi connectivity index (χ3n) is 1.45. The number of furan rings is 1. The van der Waals surface area contributed by atoms with Gasteiger partial charge in [-0.1, -0.05) is 0 Å². The zero-order chi connectivity index (χ0) is 8.27. The molecule has 0 bridgehead atoms. The van der Waals surface area contributed by atoms with Gasteiger partial charge in [-0.2, -0.15) is 0 Å². The molecule has 0 saturated carbocycles. The fraction of sp³-hybridized carbons (Fsp3) is 0.500. The normalized spacial score (nSPS) is 10.0. The molecule has 12 heavy (non-hydrogen) atoms. The highest BCUT2D eigenvalue weighted by Gasteiger charge is 2.04. The van der Waals surface area contributed by atoms with Gasteiger partial charge in [-0.05, 0) is 20.2 Å². The molecule has 4 heteroatoms. The largest absolute Gasteiger partial charge is 0.468 e. The van der Waals surface area contributed by atoms with Crippen molar-refractivity contribution in [3.05, 3.63) is 23.7 Å². The van der Waals surface area contributed by atoms with Crippen molar-refractivity contribution in [2.75, 3.05) is 14.1 Å². The van der Waals surface area contributed by atoms with E-state index in [-0.39, 0.29) is 12.4 Å². The second-order valence-electron chi connectivity index (χ2n) is 2.74. The van der Waals surface area contributed by atoms with E-state index in [1.807, 2.05) is 20.2 Å². The van der Waals surface area contributed by atoms with Crippen molar-refractivity contribution in [1.29, 1.82) is 0 Å². The molecule has 0 aliphatic rings. The molecule has 0 atom stereocenters. The topological polar surface area (TPSA) is 16.4 Å². The third kappa shape index (κ3) is 3.05. The van der Waals surface area contributed by atoms with Gasteiger partial charge in [0.2, 0.25) is 0 Å². The summed E-state index contributed by atoms with van der Waals surface area (Å²) in [5.74, 6) is 1.33. The quantitative estimate of drug-likeness (QED) is 0.712. The van der Waals surface area contributed by atoms with Gasteiger partial charge in [0.1, 0.15) is 5.76 Å². The van der Waals surface area contributed by atoms with Crippen LogP contribution in [0.4, 0.5) is 0 Å². The molecule has 0 fully saturated rings. The average molecular weight is 210 g/mol. The lowest BCUT2D eigenvalue weighted by Gasteiger charge is -2.07. The number of halogens is 2. The van der Waals surface area contributed by atoms with Crippen molar-refractivity contribution < 1.29 is 4.42 Å². The van der Waals surface area contributed by atoms with E-state index in [4.69, 9.17) is 16.0 Å². The minimum Gasteiger partial charge on any atom is -0.468 e. The maximum atomic E-state index is 5.64. The Morgan fingerprint density at radius 2 is 2.17 bits per heavy atom. The Labute approximate surface area is 83.9 Å². The van der Waals surface area contributed by atoms with Gasteiger partial charge in [0.15, 0.2) is 0 Å². The lowest BCUT2D eigenvalue weighted by Crippen LogP contribution is -2.10. The van der Waals surface area contributed by atoms with Crippen LogP contribution >= 0.6 is 24.0 Å². The molecule has 70 valence electrons. The zero-order valence-electron chi connectivity index (χ0n) is 7.21. The lowest BCUT2D eigenvalue weighted by atomic mass is 10.2. The molecular weight excluding hydrogens is 197 g/mol. The molecule has 1 aromatic heterocycles. The van der Waals surface area contributed by atoms with E-state index in [0.717, 1.165) is 12.3 Å². The monoisotopic (exact) mass is 209 g/mol. The number of hydrogen-bond donors (Lipinski definition) is 0. The summed E-state index contributed by atoms with van der Waals surface area (Å²) >= 11 is 5.64. The van der Waals surface area contributed by atoms with Crippen LogP contribution in [0.3, 0.4) is 0 Å². The second kappa shape index (κ2) is 5.46. The molecule has 0 aliphatic carbocycles. The van der Waals surface area contributed by atoms with Crippen molar-refractivity contribution in [3.8, 4) is 0 Å². The first-order valence-corrected chi connectivity index (χ1v) is 4.03. The molecule has 0 N–H and O–H groups in total. The van der Waals surface area contributed by atoms with Crippen LogP contribution in [0.1, 0.15) is 11.3 Å². The summed E-state index contributed by atoms with van der Waals surface area (Å²) in [7, 11) is 4.04. The van der Waals surface area contributed by atoms with Gasteiger partial charge in [-0.3, -0.25) is 0 Å². The van der Waals surface area contributed by atoms with Gasteiger partial charge < -0.3 is 9.32 Å². The van der Waals surface area contributed by atoms with Crippen molar-refractivity contribution in [2.45, 2.75) is 12.4 Å². The van der Waals surface area contributed by atoms with Crippen LogP contribution in [0.15, 0.2) is 16.7 Å². The third-order valence-corrected chi connectivity index (χ3v) is 1.69. The summed E-state index contributed by atoms with van der Waals surface area (Å²) in [5.41, 5.74) is 1.17. The summed E-state index contributed by atoms with van der Waals surface area (Å²) in [6.45, 7) is 0.887. The van der Waals surface area contributed by atoms with Crippen LogP contribution in [0.2, 0.25) is 0 Å². The molecule has 0 unspecified atom stereocenters. The maximum Gasteiger partial charge on any atom is 0.122 e. The lowest BCUT2D eigenvalue weighted by molar-refractivity contribution is 0.396. The Hall–Kier alpha value is -0.180. The highest BCUT2D eigenvalue weighted by Crippen LogP contribution is 2.13. The van der Waals surface area contributed by atoms with Gasteiger partial charge in [0.25, 0.3) is 0 Å². The Balaban J connectivity index is 0.00000121.